The van der Waals surface area contributed by atoms with Crippen LogP contribution in [0.3, 0.4) is 0 Å². The van der Waals surface area contributed by atoms with E-state index >= 15 is 0 Å². The first-order valence-corrected chi connectivity index (χ1v) is 10.8. The molecule has 2 N–H and O–H groups in total. The van der Waals surface area contributed by atoms with Gasteiger partial charge in [0.1, 0.15) is 17.6 Å². The third kappa shape index (κ3) is 3.97. The summed E-state index contributed by atoms with van der Waals surface area (Å²) in [6.07, 6.45) is 9.35. The van der Waals surface area contributed by atoms with Gasteiger partial charge in [0.25, 0.3) is 5.91 Å². The highest BCUT2D eigenvalue weighted by molar-refractivity contribution is 5.92. The van der Waals surface area contributed by atoms with Gasteiger partial charge in [-0.1, -0.05) is 6.42 Å². The Hall–Kier alpha value is -2.52. The Kier molecular flexibility index (Phi) is 5.77. The van der Waals surface area contributed by atoms with E-state index in [1.54, 1.807) is 6.26 Å². The number of nitrogens with zero attached hydrogens (tertiary/aromatic N) is 2. The molecule has 6 nitrogen and oxygen atoms in total. The molecule has 29 heavy (non-hydrogen) atoms. The van der Waals surface area contributed by atoms with Gasteiger partial charge in [-0.15, -0.1) is 0 Å². The predicted molar refractivity (Wildman–Crippen MR) is 111 cm³/mol. The molecule has 1 aliphatic heterocycles. The van der Waals surface area contributed by atoms with Crippen molar-refractivity contribution in [2.75, 3.05) is 18.4 Å². The molecule has 2 aromatic heterocycles. The van der Waals surface area contributed by atoms with Crippen molar-refractivity contribution in [1.82, 2.24) is 4.57 Å². The first-order valence-electron chi connectivity index (χ1n) is 10.8. The molecule has 0 bridgehead atoms. The van der Waals surface area contributed by atoms with Crippen molar-refractivity contribution in [2.24, 2.45) is 5.92 Å². The average Bonchev–Trinajstić information content (AvgIpc) is 3.31. The lowest BCUT2D eigenvalue weighted by Gasteiger charge is -2.40. The number of carbonyl (C=O) groups is 1. The number of aromatic nitrogens is 1. The molecule has 4 rings (SSSR count). The molecule has 1 saturated carbocycles. The number of piperidine rings is 1. The molecule has 154 valence electrons. The number of nitriles is 1. The van der Waals surface area contributed by atoms with Gasteiger partial charge >= 0.3 is 0 Å². The minimum atomic E-state index is 0.000850. The van der Waals surface area contributed by atoms with Crippen LogP contribution in [-0.4, -0.2) is 29.6 Å². The quantitative estimate of drug-likeness (QED) is 0.817. The third-order valence-electron chi connectivity index (χ3n) is 6.99. The number of likely N-dealkylation sites (tertiary alicyclic amines) is 1. The van der Waals surface area contributed by atoms with Gasteiger partial charge in [-0.25, -0.2) is 0 Å². The minimum Gasteiger partial charge on any atom is -0.467 e. The summed E-state index contributed by atoms with van der Waals surface area (Å²) in [6.45, 7) is 5.97. The average molecular weight is 396 g/mol. The third-order valence-corrected chi connectivity index (χ3v) is 6.99. The molecule has 6 heteroatoms. The second-order valence-electron chi connectivity index (χ2n) is 8.64. The number of anilines is 1. The van der Waals surface area contributed by atoms with E-state index in [-0.39, 0.29) is 5.91 Å². The molecule has 1 aliphatic carbocycles. The van der Waals surface area contributed by atoms with Gasteiger partial charge in [0.05, 0.1) is 31.0 Å². The van der Waals surface area contributed by atoms with E-state index in [2.05, 4.69) is 11.4 Å². The summed E-state index contributed by atoms with van der Waals surface area (Å²) in [5, 5.41) is 12.8. The molecule has 2 aliphatic rings. The fourth-order valence-corrected chi connectivity index (χ4v) is 5.36. The van der Waals surface area contributed by atoms with E-state index in [4.69, 9.17) is 4.42 Å². The van der Waals surface area contributed by atoms with Crippen LogP contribution in [0.15, 0.2) is 22.8 Å². The van der Waals surface area contributed by atoms with E-state index in [0.29, 0.717) is 30.5 Å². The highest BCUT2D eigenvalue weighted by atomic mass is 16.3. The maximum Gasteiger partial charge on any atom is 0.280 e. The molecule has 1 unspecified atom stereocenters. The molecule has 1 amide bonds. The Labute approximate surface area is 172 Å². The minimum absolute atomic E-state index is 0.000850. The molecular weight excluding hydrogens is 364 g/mol. The van der Waals surface area contributed by atoms with Crippen molar-refractivity contribution >= 4 is 11.7 Å². The first-order chi connectivity index (χ1) is 14.1. The zero-order valence-electron chi connectivity index (χ0n) is 17.5. The van der Waals surface area contributed by atoms with Crippen LogP contribution in [0.25, 0.3) is 0 Å². The number of hydrogen-bond acceptors (Lipinski definition) is 3. The van der Waals surface area contributed by atoms with Gasteiger partial charge in [-0.2, -0.15) is 5.26 Å². The van der Waals surface area contributed by atoms with E-state index in [1.807, 2.05) is 30.5 Å². The van der Waals surface area contributed by atoms with Crippen LogP contribution in [0.1, 0.15) is 61.1 Å². The Balaban J connectivity index is 1.53. The lowest BCUT2D eigenvalue weighted by atomic mass is 9.78. The Morgan fingerprint density at radius 1 is 1.31 bits per heavy atom. The van der Waals surface area contributed by atoms with Crippen molar-refractivity contribution in [3.05, 3.63) is 41.0 Å². The van der Waals surface area contributed by atoms with Crippen molar-refractivity contribution in [2.45, 2.75) is 65.0 Å². The number of furan rings is 1. The Bertz CT molecular complexity index is 904. The second-order valence-corrected chi connectivity index (χ2v) is 8.64. The molecule has 0 aromatic carbocycles. The standard InChI is InChI=1S/C23H30N4O2/c1-16-17(2)27(14-19-9-6-12-29-19)23(20(16)13-24)25-22(28)15-26-11-5-8-18-7-3-4-10-21(18)26/h6,9,12,18,21H,3-5,7-8,10-11,14-15H2,1-2H3,(H,25,28)/p+1/t18-,21+/m1/s1. The maximum absolute atomic E-state index is 13.0. The normalized spacial score (nSPS) is 24.0. The maximum atomic E-state index is 13.0. The zero-order valence-corrected chi connectivity index (χ0v) is 17.5. The second kappa shape index (κ2) is 8.46. The number of fused-ring (bicyclic) bond motifs is 1. The van der Waals surface area contributed by atoms with E-state index in [0.717, 1.165) is 29.5 Å². The van der Waals surface area contributed by atoms with Crippen LogP contribution in [0, 0.1) is 31.1 Å². The Morgan fingerprint density at radius 2 is 2.10 bits per heavy atom. The zero-order chi connectivity index (χ0) is 20.4. The van der Waals surface area contributed by atoms with E-state index in [9.17, 15) is 10.1 Å². The van der Waals surface area contributed by atoms with E-state index < -0.39 is 0 Å². The smallest absolute Gasteiger partial charge is 0.280 e. The van der Waals surface area contributed by atoms with Gasteiger partial charge in [-0.3, -0.25) is 4.79 Å². The van der Waals surface area contributed by atoms with Gasteiger partial charge in [0.2, 0.25) is 0 Å². The number of carbonyl (C=O) groups excluding carboxylic acids is 1. The van der Waals surface area contributed by atoms with Crippen molar-refractivity contribution in [3.63, 3.8) is 0 Å². The summed E-state index contributed by atoms with van der Waals surface area (Å²) in [5.74, 6) is 2.18. The van der Waals surface area contributed by atoms with Gasteiger partial charge < -0.3 is 19.2 Å². The highest BCUT2D eigenvalue weighted by Crippen LogP contribution is 2.29. The van der Waals surface area contributed by atoms with Crippen LogP contribution in [0.2, 0.25) is 0 Å². The molecule has 2 fully saturated rings. The van der Waals surface area contributed by atoms with Gasteiger partial charge in [-0.05, 0) is 63.6 Å². The van der Waals surface area contributed by atoms with Crippen LogP contribution in [0.5, 0.6) is 0 Å². The monoisotopic (exact) mass is 395 g/mol. The fraction of sp³-hybridized carbons (Fsp3) is 0.565. The highest BCUT2D eigenvalue weighted by Gasteiger charge is 2.37. The van der Waals surface area contributed by atoms with Gasteiger partial charge in [0.15, 0.2) is 6.54 Å². The number of rotatable bonds is 5. The molecule has 3 atom stereocenters. The van der Waals surface area contributed by atoms with Crippen LogP contribution >= 0.6 is 0 Å². The number of quaternary nitrogens is 1. The molecule has 0 spiro atoms. The summed E-state index contributed by atoms with van der Waals surface area (Å²) in [7, 11) is 0. The predicted octanol–water partition coefficient (Wildman–Crippen LogP) is 2.79. The van der Waals surface area contributed by atoms with Crippen LogP contribution in [-0.2, 0) is 11.3 Å². The fourth-order valence-electron chi connectivity index (χ4n) is 5.36. The number of nitrogens with one attached hydrogen (secondary N) is 2. The lowest BCUT2D eigenvalue weighted by Crippen LogP contribution is -3.18. The molecular formula is C23H31N4O2+. The van der Waals surface area contributed by atoms with Crippen LogP contribution in [0.4, 0.5) is 5.82 Å². The SMILES string of the molecule is Cc1c(C#N)c(NC(=O)C[NH+]2CCC[C@H]3CCCC[C@@H]32)n(Cc2ccco2)c1C. The van der Waals surface area contributed by atoms with Crippen molar-refractivity contribution in [1.29, 1.82) is 5.26 Å². The van der Waals surface area contributed by atoms with Crippen molar-refractivity contribution < 1.29 is 14.1 Å². The largest absolute Gasteiger partial charge is 0.467 e. The van der Waals surface area contributed by atoms with E-state index in [1.165, 1.54) is 43.4 Å². The summed E-state index contributed by atoms with van der Waals surface area (Å²) in [4.78, 5) is 14.4. The molecule has 0 radical (unpaired) electrons. The molecule has 3 heterocycles. The lowest BCUT2D eigenvalue weighted by molar-refractivity contribution is -0.928. The topological polar surface area (TPSA) is 75.4 Å². The molecule has 1 saturated heterocycles. The molecule has 2 aromatic rings. The summed E-state index contributed by atoms with van der Waals surface area (Å²) >= 11 is 0. The summed E-state index contributed by atoms with van der Waals surface area (Å²) in [5.41, 5.74) is 2.43. The van der Waals surface area contributed by atoms with Crippen LogP contribution < -0.4 is 10.2 Å². The van der Waals surface area contributed by atoms with Crippen molar-refractivity contribution in [3.8, 4) is 6.07 Å². The van der Waals surface area contributed by atoms with Gasteiger partial charge in [0, 0.05) is 11.6 Å². The summed E-state index contributed by atoms with van der Waals surface area (Å²) in [6, 6.07) is 6.67. The number of amides is 1. The first kappa shape index (κ1) is 19.8. The number of hydrogen-bond donors (Lipinski definition) is 2. The Morgan fingerprint density at radius 3 is 2.86 bits per heavy atom. The summed E-state index contributed by atoms with van der Waals surface area (Å²) < 4.78 is 7.48.